The van der Waals surface area contributed by atoms with E-state index in [1.54, 1.807) is 6.92 Å². The van der Waals surface area contributed by atoms with E-state index in [1.165, 1.54) is 6.42 Å². The lowest BCUT2D eigenvalue weighted by Crippen LogP contribution is -2.37. The fraction of sp³-hybridized carbons (Fsp3) is 0.769. The molecule has 0 amide bonds. The number of halogens is 1. The SMILES string of the molecule is CCNC(=NCc1nc(C)no1)NCCCC(C)C.I. The van der Waals surface area contributed by atoms with Gasteiger partial charge in [-0.05, 0) is 32.6 Å². The maximum absolute atomic E-state index is 5.03. The summed E-state index contributed by atoms with van der Waals surface area (Å²) in [6.45, 7) is 10.5. The molecular formula is C13H26IN5O. The third kappa shape index (κ3) is 8.34. The Morgan fingerprint density at radius 1 is 1.35 bits per heavy atom. The minimum Gasteiger partial charge on any atom is -0.357 e. The summed E-state index contributed by atoms with van der Waals surface area (Å²) < 4.78 is 5.03. The summed E-state index contributed by atoms with van der Waals surface area (Å²) in [4.78, 5) is 8.53. The number of guanidine groups is 1. The van der Waals surface area contributed by atoms with Gasteiger partial charge in [-0.1, -0.05) is 19.0 Å². The Kier molecular flexibility index (Phi) is 10.4. The molecule has 0 atom stereocenters. The second-order valence-corrected chi connectivity index (χ2v) is 4.89. The van der Waals surface area contributed by atoms with Crippen molar-refractivity contribution in [3.05, 3.63) is 11.7 Å². The van der Waals surface area contributed by atoms with Gasteiger partial charge in [0.15, 0.2) is 11.8 Å². The van der Waals surface area contributed by atoms with Gasteiger partial charge in [-0.15, -0.1) is 24.0 Å². The van der Waals surface area contributed by atoms with Crippen LogP contribution in [0.15, 0.2) is 9.52 Å². The van der Waals surface area contributed by atoms with Crippen LogP contribution in [0.4, 0.5) is 0 Å². The highest BCUT2D eigenvalue weighted by atomic mass is 127. The van der Waals surface area contributed by atoms with E-state index < -0.39 is 0 Å². The lowest BCUT2D eigenvalue weighted by Gasteiger charge is -2.11. The minimum absolute atomic E-state index is 0. The van der Waals surface area contributed by atoms with Crippen molar-refractivity contribution >= 4 is 29.9 Å². The number of aryl methyl sites for hydroxylation is 1. The van der Waals surface area contributed by atoms with Crippen LogP contribution in [-0.2, 0) is 6.54 Å². The number of hydrogen-bond donors (Lipinski definition) is 2. The van der Waals surface area contributed by atoms with Crippen LogP contribution in [0.25, 0.3) is 0 Å². The summed E-state index contributed by atoms with van der Waals surface area (Å²) in [5, 5.41) is 10.2. The summed E-state index contributed by atoms with van der Waals surface area (Å²) in [6, 6.07) is 0. The largest absolute Gasteiger partial charge is 0.357 e. The molecule has 0 aliphatic rings. The van der Waals surface area contributed by atoms with E-state index in [2.05, 4.69) is 39.6 Å². The molecule has 0 spiro atoms. The van der Waals surface area contributed by atoms with Crippen molar-refractivity contribution in [2.75, 3.05) is 13.1 Å². The molecule has 0 radical (unpaired) electrons. The van der Waals surface area contributed by atoms with Gasteiger partial charge in [0.05, 0.1) is 0 Å². The van der Waals surface area contributed by atoms with Crippen molar-refractivity contribution in [1.82, 2.24) is 20.8 Å². The highest BCUT2D eigenvalue weighted by molar-refractivity contribution is 14.0. The monoisotopic (exact) mass is 395 g/mol. The van der Waals surface area contributed by atoms with Crippen LogP contribution in [0, 0.1) is 12.8 Å². The molecule has 0 aromatic carbocycles. The molecule has 0 saturated carbocycles. The summed E-state index contributed by atoms with van der Waals surface area (Å²) in [7, 11) is 0. The minimum atomic E-state index is 0. The van der Waals surface area contributed by atoms with Gasteiger partial charge in [-0.2, -0.15) is 4.98 Å². The van der Waals surface area contributed by atoms with E-state index in [4.69, 9.17) is 4.52 Å². The number of nitrogens with one attached hydrogen (secondary N) is 2. The van der Waals surface area contributed by atoms with E-state index >= 15 is 0 Å². The maximum Gasteiger partial charge on any atom is 0.248 e. The molecule has 1 aromatic heterocycles. The summed E-state index contributed by atoms with van der Waals surface area (Å²) in [5.41, 5.74) is 0. The predicted octanol–water partition coefficient (Wildman–Crippen LogP) is 2.49. The second-order valence-electron chi connectivity index (χ2n) is 4.89. The molecule has 0 fully saturated rings. The quantitative estimate of drug-likeness (QED) is 0.321. The Morgan fingerprint density at radius 3 is 2.65 bits per heavy atom. The van der Waals surface area contributed by atoms with Crippen LogP contribution in [0.2, 0.25) is 0 Å². The summed E-state index contributed by atoms with van der Waals surface area (Å²) >= 11 is 0. The number of hydrogen-bond acceptors (Lipinski definition) is 4. The van der Waals surface area contributed by atoms with Crippen LogP contribution in [0.1, 0.15) is 45.3 Å². The standard InChI is InChI=1S/C13H25N5O.HI/c1-5-14-13(15-8-6-7-10(2)3)16-9-12-17-11(4)18-19-12;/h10H,5-9H2,1-4H3,(H2,14,15,16);1H. The van der Waals surface area contributed by atoms with Gasteiger partial charge >= 0.3 is 0 Å². The first-order valence-corrected chi connectivity index (χ1v) is 6.93. The van der Waals surface area contributed by atoms with Gasteiger partial charge < -0.3 is 15.2 Å². The van der Waals surface area contributed by atoms with Gasteiger partial charge in [-0.3, -0.25) is 0 Å². The molecule has 116 valence electrons. The Labute approximate surface area is 138 Å². The first kappa shape index (κ1) is 19.1. The van der Waals surface area contributed by atoms with Gasteiger partial charge in [0, 0.05) is 13.1 Å². The van der Waals surface area contributed by atoms with Crippen LogP contribution in [0.5, 0.6) is 0 Å². The molecule has 0 saturated heterocycles. The highest BCUT2D eigenvalue weighted by Crippen LogP contribution is 2.02. The van der Waals surface area contributed by atoms with E-state index in [-0.39, 0.29) is 24.0 Å². The Bertz CT molecular complexity index is 392. The molecule has 1 aromatic rings. The van der Waals surface area contributed by atoms with E-state index in [0.29, 0.717) is 18.3 Å². The molecule has 6 nitrogen and oxygen atoms in total. The third-order valence-electron chi connectivity index (χ3n) is 2.54. The normalized spacial score (nSPS) is 11.3. The zero-order valence-corrected chi connectivity index (χ0v) is 15.1. The number of nitrogens with zero attached hydrogens (tertiary/aromatic N) is 3. The molecule has 0 bridgehead atoms. The fourth-order valence-corrected chi connectivity index (χ4v) is 1.61. The smallest absolute Gasteiger partial charge is 0.248 e. The summed E-state index contributed by atoms with van der Waals surface area (Å²) in [5.74, 6) is 2.71. The van der Waals surface area contributed by atoms with E-state index in [9.17, 15) is 0 Å². The van der Waals surface area contributed by atoms with Crippen molar-refractivity contribution in [2.24, 2.45) is 10.9 Å². The van der Waals surface area contributed by atoms with Crippen molar-refractivity contribution in [1.29, 1.82) is 0 Å². The van der Waals surface area contributed by atoms with Crippen molar-refractivity contribution in [3.63, 3.8) is 0 Å². The Hall–Kier alpha value is -0.860. The zero-order valence-electron chi connectivity index (χ0n) is 12.8. The molecule has 20 heavy (non-hydrogen) atoms. The van der Waals surface area contributed by atoms with Gasteiger partial charge in [0.1, 0.15) is 6.54 Å². The number of aliphatic imine (C=N–C) groups is 1. The van der Waals surface area contributed by atoms with Crippen LogP contribution in [-0.4, -0.2) is 29.2 Å². The lowest BCUT2D eigenvalue weighted by molar-refractivity contribution is 0.376. The average molecular weight is 395 g/mol. The van der Waals surface area contributed by atoms with E-state index in [1.807, 2.05) is 6.92 Å². The molecular weight excluding hydrogens is 369 g/mol. The molecule has 1 heterocycles. The lowest BCUT2D eigenvalue weighted by atomic mass is 10.1. The second kappa shape index (κ2) is 10.9. The van der Waals surface area contributed by atoms with Gasteiger partial charge in [0.2, 0.25) is 5.89 Å². The first-order valence-electron chi connectivity index (χ1n) is 6.93. The fourth-order valence-electron chi connectivity index (χ4n) is 1.61. The molecule has 0 unspecified atom stereocenters. The highest BCUT2D eigenvalue weighted by Gasteiger charge is 2.03. The van der Waals surface area contributed by atoms with Gasteiger partial charge in [-0.25, -0.2) is 4.99 Å². The van der Waals surface area contributed by atoms with Gasteiger partial charge in [0.25, 0.3) is 0 Å². The molecule has 7 heteroatoms. The first-order chi connectivity index (χ1) is 9.11. The maximum atomic E-state index is 5.03. The number of rotatable bonds is 7. The van der Waals surface area contributed by atoms with Crippen molar-refractivity contribution < 1.29 is 4.52 Å². The molecule has 2 N–H and O–H groups in total. The van der Waals surface area contributed by atoms with E-state index in [0.717, 1.165) is 31.4 Å². The Balaban J connectivity index is 0.00000361. The van der Waals surface area contributed by atoms with Crippen molar-refractivity contribution in [3.8, 4) is 0 Å². The predicted molar refractivity (Wildman–Crippen MR) is 91.3 cm³/mol. The third-order valence-corrected chi connectivity index (χ3v) is 2.54. The topological polar surface area (TPSA) is 75.3 Å². The molecule has 0 aliphatic heterocycles. The summed E-state index contributed by atoms with van der Waals surface area (Å²) in [6.07, 6.45) is 2.36. The van der Waals surface area contributed by atoms with Crippen molar-refractivity contribution in [2.45, 2.75) is 47.1 Å². The van der Waals surface area contributed by atoms with Crippen LogP contribution in [0.3, 0.4) is 0 Å². The van der Waals surface area contributed by atoms with Crippen LogP contribution < -0.4 is 10.6 Å². The average Bonchev–Trinajstić information content (AvgIpc) is 2.77. The number of aromatic nitrogens is 2. The van der Waals surface area contributed by atoms with Crippen LogP contribution >= 0.6 is 24.0 Å². The zero-order chi connectivity index (χ0) is 14.1. The molecule has 0 aliphatic carbocycles. The Morgan fingerprint density at radius 2 is 2.10 bits per heavy atom. The molecule has 1 rings (SSSR count).